The molecule has 0 unspecified atom stereocenters. The first-order valence-corrected chi connectivity index (χ1v) is 10.00. The Morgan fingerprint density at radius 2 is 2.00 bits per heavy atom. The van der Waals surface area contributed by atoms with Gasteiger partial charge in [-0.1, -0.05) is 30.3 Å². The van der Waals surface area contributed by atoms with Crippen molar-refractivity contribution in [3.05, 3.63) is 69.6 Å². The highest BCUT2D eigenvalue weighted by atomic mass is 32.1. The van der Waals surface area contributed by atoms with Crippen molar-refractivity contribution in [2.45, 2.75) is 0 Å². The SMILES string of the molecule is O=[N+]([O-])c1ccc(N2CCOCC2)c(C=NNc2nc(-c3ccccc3)cs2)c1. The van der Waals surface area contributed by atoms with Gasteiger partial charge in [0.25, 0.3) is 5.69 Å². The molecule has 3 aromatic rings. The summed E-state index contributed by atoms with van der Waals surface area (Å²) in [5, 5.41) is 18.1. The number of hydrogen-bond donors (Lipinski definition) is 1. The lowest BCUT2D eigenvalue weighted by atomic mass is 10.1. The second-order valence-electron chi connectivity index (χ2n) is 6.37. The van der Waals surface area contributed by atoms with Crippen LogP contribution in [0.2, 0.25) is 0 Å². The van der Waals surface area contributed by atoms with Gasteiger partial charge in [0.05, 0.1) is 30.0 Å². The van der Waals surface area contributed by atoms with Gasteiger partial charge in [0.2, 0.25) is 5.13 Å². The van der Waals surface area contributed by atoms with Gasteiger partial charge in [0, 0.05) is 47.4 Å². The molecule has 1 saturated heterocycles. The van der Waals surface area contributed by atoms with Crippen LogP contribution in [0.15, 0.2) is 59.0 Å². The zero-order valence-corrected chi connectivity index (χ0v) is 16.3. The van der Waals surface area contributed by atoms with Crippen LogP contribution < -0.4 is 10.3 Å². The molecule has 4 rings (SSSR count). The lowest BCUT2D eigenvalue weighted by Crippen LogP contribution is -2.36. The van der Waals surface area contributed by atoms with E-state index in [9.17, 15) is 10.1 Å². The lowest BCUT2D eigenvalue weighted by molar-refractivity contribution is -0.384. The number of nitrogens with one attached hydrogen (secondary N) is 1. The quantitative estimate of drug-likeness (QED) is 0.376. The van der Waals surface area contributed by atoms with Crippen LogP contribution in [0.5, 0.6) is 0 Å². The van der Waals surface area contributed by atoms with Crippen molar-refractivity contribution in [1.29, 1.82) is 0 Å². The Kier molecular flexibility index (Phi) is 5.78. The van der Waals surface area contributed by atoms with Crippen LogP contribution in [0.25, 0.3) is 11.3 Å². The van der Waals surface area contributed by atoms with Crippen LogP contribution in [-0.2, 0) is 4.74 Å². The van der Waals surface area contributed by atoms with Gasteiger partial charge >= 0.3 is 0 Å². The number of non-ortho nitro benzene ring substituents is 1. The normalized spacial score (nSPS) is 14.3. The molecule has 2 aromatic carbocycles. The van der Waals surface area contributed by atoms with E-state index in [0.717, 1.165) is 30.0 Å². The summed E-state index contributed by atoms with van der Waals surface area (Å²) in [6.07, 6.45) is 1.60. The molecular formula is C20H19N5O3S. The predicted octanol–water partition coefficient (Wildman–Crippen LogP) is 4.00. The molecule has 0 bridgehead atoms. The maximum atomic E-state index is 11.2. The minimum absolute atomic E-state index is 0.0315. The molecule has 0 saturated carbocycles. The molecule has 1 N–H and O–H groups in total. The average Bonchev–Trinajstić information content (AvgIpc) is 3.24. The number of aromatic nitrogens is 1. The van der Waals surface area contributed by atoms with Crippen LogP contribution in [0, 0.1) is 10.1 Å². The maximum absolute atomic E-state index is 11.2. The first-order valence-electron chi connectivity index (χ1n) is 9.12. The zero-order valence-electron chi connectivity index (χ0n) is 15.5. The fourth-order valence-corrected chi connectivity index (χ4v) is 3.74. The van der Waals surface area contributed by atoms with Crippen LogP contribution in [0.3, 0.4) is 0 Å². The lowest BCUT2D eigenvalue weighted by Gasteiger charge is -2.29. The second kappa shape index (κ2) is 8.80. The molecule has 1 aliphatic heterocycles. The van der Waals surface area contributed by atoms with Crippen molar-refractivity contribution in [3.63, 3.8) is 0 Å². The Bertz CT molecular complexity index is 1020. The van der Waals surface area contributed by atoms with Crippen molar-refractivity contribution in [2.24, 2.45) is 5.10 Å². The number of ether oxygens (including phenoxy) is 1. The van der Waals surface area contributed by atoms with E-state index in [1.54, 1.807) is 12.3 Å². The standard InChI is InChI=1S/C20H19N5O3S/c26-25(27)17-6-7-19(24-8-10-28-11-9-24)16(12-17)13-21-23-20-22-18(14-29-20)15-4-2-1-3-5-15/h1-7,12-14H,8-11H2,(H,22,23). The summed E-state index contributed by atoms with van der Waals surface area (Å²) in [5.41, 5.74) is 6.44. The fraction of sp³-hybridized carbons (Fsp3) is 0.200. The highest BCUT2D eigenvalue weighted by Crippen LogP contribution is 2.26. The van der Waals surface area contributed by atoms with Crippen LogP contribution >= 0.6 is 11.3 Å². The van der Waals surface area contributed by atoms with Crippen molar-refractivity contribution >= 4 is 34.1 Å². The number of thiazole rings is 1. The van der Waals surface area contributed by atoms with Gasteiger partial charge < -0.3 is 9.64 Å². The van der Waals surface area contributed by atoms with Gasteiger partial charge in [-0.3, -0.25) is 15.5 Å². The molecule has 148 valence electrons. The molecule has 1 aromatic heterocycles. The van der Waals surface area contributed by atoms with Crippen molar-refractivity contribution in [1.82, 2.24) is 4.98 Å². The van der Waals surface area contributed by atoms with E-state index in [1.165, 1.54) is 23.5 Å². The minimum Gasteiger partial charge on any atom is -0.378 e. The smallest absolute Gasteiger partial charge is 0.270 e. The zero-order chi connectivity index (χ0) is 20.1. The molecule has 0 atom stereocenters. The van der Waals surface area contributed by atoms with E-state index < -0.39 is 4.92 Å². The molecule has 29 heavy (non-hydrogen) atoms. The Morgan fingerprint density at radius 3 is 2.76 bits per heavy atom. The summed E-state index contributed by atoms with van der Waals surface area (Å²) >= 11 is 1.45. The number of nitro groups is 1. The molecular weight excluding hydrogens is 390 g/mol. The number of hydrogen-bond acceptors (Lipinski definition) is 8. The Balaban J connectivity index is 1.53. The summed E-state index contributed by atoms with van der Waals surface area (Å²) in [7, 11) is 0. The monoisotopic (exact) mass is 409 g/mol. The predicted molar refractivity (Wildman–Crippen MR) is 115 cm³/mol. The molecule has 9 heteroatoms. The van der Waals surface area contributed by atoms with Crippen LogP contribution in [0.1, 0.15) is 5.56 Å². The molecule has 0 aliphatic carbocycles. The summed E-state index contributed by atoms with van der Waals surface area (Å²) in [5.74, 6) is 0. The minimum atomic E-state index is -0.402. The molecule has 0 spiro atoms. The molecule has 0 amide bonds. The number of benzene rings is 2. The molecule has 1 fully saturated rings. The summed E-state index contributed by atoms with van der Waals surface area (Å²) in [6, 6.07) is 14.7. The second-order valence-corrected chi connectivity index (χ2v) is 7.23. The highest BCUT2D eigenvalue weighted by molar-refractivity contribution is 7.14. The third kappa shape index (κ3) is 4.58. The van der Waals surface area contributed by atoms with E-state index in [1.807, 2.05) is 35.7 Å². The van der Waals surface area contributed by atoms with Gasteiger partial charge in [-0.25, -0.2) is 4.98 Å². The van der Waals surface area contributed by atoms with E-state index in [0.29, 0.717) is 23.9 Å². The van der Waals surface area contributed by atoms with Crippen molar-refractivity contribution in [2.75, 3.05) is 36.6 Å². The number of morpholine rings is 1. The molecule has 2 heterocycles. The van der Waals surface area contributed by atoms with E-state index >= 15 is 0 Å². The third-order valence-electron chi connectivity index (χ3n) is 4.51. The first-order chi connectivity index (χ1) is 14.2. The highest BCUT2D eigenvalue weighted by Gasteiger charge is 2.17. The van der Waals surface area contributed by atoms with Gasteiger partial charge in [-0.05, 0) is 6.07 Å². The van der Waals surface area contributed by atoms with E-state index in [2.05, 4.69) is 20.4 Å². The topological polar surface area (TPSA) is 92.9 Å². The van der Waals surface area contributed by atoms with E-state index in [-0.39, 0.29) is 5.69 Å². The van der Waals surface area contributed by atoms with Crippen LogP contribution in [0.4, 0.5) is 16.5 Å². The summed E-state index contributed by atoms with van der Waals surface area (Å²) < 4.78 is 5.40. The fourth-order valence-electron chi connectivity index (χ4n) is 3.07. The Hall–Kier alpha value is -3.30. The average molecular weight is 409 g/mol. The van der Waals surface area contributed by atoms with Crippen LogP contribution in [-0.4, -0.2) is 42.4 Å². The summed E-state index contributed by atoms with van der Waals surface area (Å²) in [4.78, 5) is 17.4. The maximum Gasteiger partial charge on any atom is 0.270 e. The third-order valence-corrected chi connectivity index (χ3v) is 5.26. The Labute approximate surface area is 171 Å². The number of nitrogens with zero attached hydrogens (tertiary/aromatic N) is 4. The summed E-state index contributed by atoms with van der Waals surface area (Å²) in [6.45, 7) is 2.73. The van der Waals surface area contributed by atoms with Crippen molar-refractivity contribution in [3.8, 4) is 11.3 Å². The van der Waals surface area contributed by atoms with Gasteiger partial charge in [0.1, 0.15) is 0 Å². The number of nitro benzene ring substituents is 1. The number of anilines is 2. The molecule has 8 nitrogen and oxygen atoms in total. The largest absolute Gasteiger partial charge is 0.378 e. The molecule has 1 aliphatic rings. The van der Waals surface area contributed by atoms with Gasteiger partial charge in [-0.15, -0.1) is 11.3 Å². The van der Waals surface area contributed by atoms with Gasteiger partial charge in [0.15, 0.2) is 0 Å². The number of hydrazone groups is 1. The number of rotatable bonds is 6. The molecule has 0 radical (unpaired) electrons. The van der Waals surface area contributed by atoms with Crippen molar-refractivity contribution < 1.29 is 9.66 Å². The van der Waals surface area contributed by atoms with Gasteiger partial charge in [-0.2, -0.15) is 5.10 Å². The first kappa shape index (κ1) is 19.0. The van der Waals surface area contributed by atoms with E-state index in [4.69, 9.17) is 4.74 Å². The Morgan fingerprint density at radius 1 is 1.21 bits per heavy atom.